The first kappa shape index (κ1) is 19.4. The summed E-state index contributed by atoms with van der Waals surface area (Å²) in [6, 6.07) is 1.36. The normalized spacial score (nSPS) is 24.7. The van der Waals surface area contributed by atoms with Crippen LogP contribution in [0.1, 0.15) is 27.0 Å². The third-order valence-electron chi connectivity index (χ3n) is 3.47. The summed E-state index contributed by atoms with van der Waals surface area (Å²) in [5.41, 5.74) is 4.72. The van der Waals surface area contributed by atoms with Crippen molar-refractivity contribution in [2.24, 2.45) is 0 Å². The fourth-order valence-electron chi connectivity index (χ4n) is 2.54. The van der Waals surface area contributed by atoms with E-state index in [1.807, 2.05) is 0 Å². The third kappa shape index (κ3) is 4.57. The molecule has 1 aromatic rings. The first-order valence-electron chi connectivity index (χ1n) is 7.67. The van der Waals surface area contributed by atoms with Crippen LogP contribution in [0.15, 0.2) is 17.1 Å². The molecule has 1 aromatic heterocycles. The van der Waals surface area contributed by atoms with Gasteiger partial charge >= 0.3 is 23.6 Å². The first-order valence-corrected chi connectivity index (χ1v) is 7.67. The van der Waals surface area contributed by atoms with E-state index >= 15 is 0 Å². The van der Waals surface area contributed by atoms with Gasteiger partial charge in [-0.3, -0.25) is 19.0 Å². The van der Waals surface area contributed by atoms with Crippen molar-refractivity contribution in [1.82, 2.24) is 9.55 Å². The molecule has 11 heteroatoms. The second-order valence-electron chi connectivity index (χ2n) is 5.56. The number of esters is 3. The number of hydrogen-bond acceptors (Lipinski definition) is 10. The summed E-state index contributed by atoms with van der Waals surface area (Å²) < 4.78 is 22.1. The summed E-state index contributed by atoms with van der Waals surface area (Å²) in [5.74, 6) is -1.91. The molecule has 4 atom stereocenters. The molecule has 0 unspecified atom stereocenters. The van der Waals surface area contributed by atoms with Crippen molar-refractivity contribution < 1.29 is 33.3 Å². The summed E-state index contributed by atoms with van der Waals surface area (Å²) in [6.45, 7) is 3.26. The number of nitrogen functional groups attached to an aromatic ring is 1. The maximum absolute atomic E-state index is 12.1. The van der Waals surface area contributed by atoms with E-state index in [9.17, 15) is 19.2 Å². The second kappa shape index (κ2) is 7.95. The summed E-state index contributed by atoms with van der Waals surface area (Å²) in [7, 11) is 0. The fourth-order valence-corrected chi connectivity index (χ4v) is 2.54. The highest BCUT2D eigenvalue weighted by Gasteiger charge is 2.50. The number of nitrogens with zero attached hydrogens (tertiary/aromatic N) is 2. The molecule has 142 valence electrons. The Morgan fingerprint density at radius 2 is 1.77 bits per heavy atom. The van der Waals surface area contributed by atoms with Crippen molar-refractivity contribution in [2.45, 2.75) is 45.3 Å². The van der Waals surface area contributed by atoms with E-state index < -0.39 is 48.1 Å². The lowest BCUT2D eigenvalue weighted by Crippen LogP contribution is -2.41. The van der Waals surface area contributed by atoms with Crippen molar-refractivity contribution in [2.75, 3.05) is 12.3 Å². The average Bonchev–Trinajstić information content (AvgIpc) is 2.82. The Morgan fingerprint density at radius 1 is 1.15 bits per heavy atom. The number of carbonyl (C=O) groups is 3. The van der Waals surface area contributed by atoms with Crippen LogP contribution in [0, 0.1) is 0 Å². The molecule has 0 spiro atoms. The van der Waals surface area contributed by atoms with E-state index in [1.54, 1.807) is 0 Å². The molecule has 2 heterocycles. The highest BCUT2D eigenvalue weighted by Crippen LogP contribution is 2.33. The van der Waals surface area contributed by atoms with Crippen LogP contribution in [0.3, 0.4) is 0 Å². The Kier molecular flexibility index (Phi) is 5.93. The number of anilines is 1. The predicted octanol–water partition coefficient (Wildman–Crippen LogP) is -0.851. The molecule has 0 aliphatic carbocycles. The topological polar surface area (TPSA) is 149 Å². The highest BCUT2D eigenvalue weighted by atomic mass is 16.7. The molecule has 2 N–H and O–H groups in total. The van der Waals surface area contributed by atoms with Gasteiger partial charge in [0, 0.05) is 27.0 Å². The van der Waals surface area contributed by atoms with E-state index in [-0.39, 0.29) is 12.4 Å². The highest BCUT2D eigenvalue weighted by molar-refractivity contribution is 5.68. The molecule has 11 nitrogen and oxygen atoms in total. The van der Waals surface area contributed by atoms with Crippen LogP contribution in [0.4, 0.5) is 5.82 Å². The van der Waals surface area contributed by atoms with Crippen LogP contribution in [0.5, 0.6) is 0 Å². The molecule has 0 radical (unpaired) electrons. The quantitative estimate of drug-likeness (QED) is 0.513. The maximum Gasteiger partial charge on any atom is 0.351 e. The summed E-state index contributed by atoms with van der Waals surface area (Å²) in [5, 5.41) is 0. The van der Waals surface area contributed by atoms with Gasteiger partial charge in [0.05, 0.1) is 0 Å². The van der Waals surface area contributed by atoms with E-state index in [2.05, 4.69) is 4.98 Å². The van der Waals surface area contributed by atoms with Crippen molar-refractivity contribution in [3.63, 3.8) is 0 Å². The Balaban J connectivity index is 2.40. The summed E-state index contributed by atoms with van der Waals surface area (Å²) in [6.07, 6.45) is -3.04. The van der Waals surface area contributed by atoms with Crippen molar-refractivity contribution in [3.8, 4) is 0 Å². The minimum absolute atomic E-state index is 0.00119. The summed E-state index contributed by atoms with van der Waals surface area (Å²) >= 11 is 0. The predicted molar refractivity (Wildman–Crippen MR) is 84.6 cm³/mol. The zero-order valence-electron chi connectivity index (χ0n) is 14.4. The zero-order chi connectivity index (χ0) is 19.4. The van der Waals surface area contributed by atoms with Crippen LogP contribution in [0.2, 0.25) is 0 Å². The number of aromatic nitrogens is 2. The number of nitrogens with two attached hydrogens (primary N) is 1. The Bertz CT molecular complexity index is 762. The number of hydrogen-bond donors (Lipinski definition) is 1. The van der Waals surface area contributed by atoms with E-state index in [0.29, 0.717) is 0 Å². The lowest BCUT2D eigenvalue weighted by atomic mass is 10.1. The molecule has 1 fully saturated rings. The van der Waals surface area contributed by atoms with Crippen molar-refractivity contribution in [1.29, 1.82) is 0 Å². The molecule has 0 aromatic carbocycles. The summed E-state index contributed by atoms with van der Waals surface area (Å²) in [4.78, 5) is 49.7. The molecule has 1 aliphatic heterocycles. The number of ether oxygens (including phenoxy) is 4. The molecule has 2 rings (SSSR count). The van der Waals surface area contributed by atoms with Gasteiger partial charge in [-0.15, -0.1) is 0 Å². The molecular weight excluding hydrogens is 350 g/mol. The Labute approximate surface area is 148 Å². The van der Waals surface area contributed by atoms with Crippen molar-refractivity contribution >= 4 is 23.7 Å². The third-order valence-corrected chi connectivity index (χ3v) is 3.47. The zero-order valence-corrected chi connectivity index (χ0v) is 14.4. The SMILES string of the molecule is CC(=O)OC[C@@H]1O[C@H](n2ccc(N)nc2=O)[C@@H](OC(C)=O)[C@H]1OC(C)=O. The first-order chi connectivity index (χ1) is 12.2. The van der Waals surface area contributed by atoms with Crippen LogP contribution >= 0.6 is 0 Å². The van der Waals surface area contributed by atoms with Gasteiger partial charge < -0.3 is 24.7 Å². The van der Waals surface area contributed by atoms with Gasteiger partial charge in [-0.05, 0) is 6.07 Å². The van der Waals surface area contributed by atoms with Crippen LogP contribution in [-0.2, 0) is 33.3 Å². The molecule has 1 saturated heterocycles. The molecule has 0 bridgehead atoms. The van der Waals surface area contributed by atoms with Crippen molar-refractivity contribution in [3.05, 3.63) is 22.7 Å². The van der Waals surface area contributed by atoms with E-state index in [0.717, 1.165) is 18.4 Å². The van der Waals surface area contributed by atoms with Gasteiger partial charge in [-0.1, -0.05) is 0 Å². The minimum atomic E-state index is -1.15. The van der Waals surface area contributed by atoms with Gasteiger partial charge in [-0.25, -0.2) is 4.79 Å². The van der Waals surface area contributed by atoms with E-state index in [4.69, 9.17) is 24.7 Å². The number of rotatable bonds is 5. The monoisotopic (exact) mass is 369 g/mol. The Hall–Kier alpha value is -2.95. The molecular formula is C15H19N3O8. The van der Waals surface area contributed by atoms with Gasteiger partial charge in [0.1, 0.15) is 18.5 Å². The smallest absolute Gasteiger partial charge is 0.351 e. The molecule has 1 aliphatic rings. The largest absolute Gasteiger partial charge is 0.463 e. The van der Waals surface area contributed by atoms with Gasteiger partial charge in [0.25, 0.3) is 0 Å². The maximum atomic E-state index is 12.1. The van der Waals surface area contributed by atoms with Crippen LogP contribution in [0.25, 0.3) is 0 Å². The minimum Gasteiger partial charge on any atom is -0.463 e. The fraction of sp³-hybridized carbons (Fsp3) is 0.533. The van der Waals surface area contributed by atoms with Crippen LogP contribution < -0.4 is 11.4 Å². The second-order valence-corrected chi connectivity index (χ2v) is 5.56. The molecule has 26 heavy (non-hydrogen) atoms. The molecule has 0 amide bonds. The van der Waals surface area contributed by atoms with E-state index in [1.165, 1.54) is 19.2 Å². The standard InChI is InChI=1S/C15H19N3O8/c1-7(19)23-6-10-12(24-8(2)20)13(25-9(3)21)14(26-10)18-5-4-11(16)17-15(18)22/h4-5,10,12-14H,6H2,1-3H3,(H2,16,17,22)/t10-,12-,13-,14-/m0/s1. The lowest BCUT2D eigenvalue weighted by molar-refractivity contribution is -0.166. The average molecular weight is 369 g/mol. The van der Waals surface area contributed by atoms with Gasteiger partial charge in [0.15, 0.2) is 18.4 Å². The Morgan fingerprint density at radius 3 is 2.31 bits per heavy atom. The molecule has 0 saturated carbocycles. The lowest BCUT2D eigenvalue weighted by Gasteiger charge is -2.23. The van der Waals surface area contributed by atoms with Gasteiger partial charge in [-0.2, -0.15) is 4.98 Å². The van der Waals surface area contributed by atoms with Gasteiger partial charge in [0.2, 0.25) is 0 Å². The number of carbonyl (C=O) groups excluding carboxylic acids is 3. The van der Waals surface area contributed by atoms with Crippen LogP contribution in [-0.4, -0.2) is 52.4 Å².